The van der Waals surface area contributed by atoms with Gasteiger partial charge in [0, 0.05) is 5.56 Å². The molecule has 2 atom stereocenters. The van der Waals surface area contributed by atoms with Crippen molar-refractivity contribution in [3.05, 3.63) is 29.3 Å². The average Bonchev–Trinajstić information content (AvgIpc) is 2.26. The molecule has 0 aromatic heterocycles. The molecule has 0 saturated carbocycles. The molecule has 0 fully saturated rings. The van der Waals surface area contributed by atoms with E-state index in [9.17, 15) is 5.11 Å². The minimum atomic E-state index is -0.587. The standard InChI is InChI=1S/C13H21NO2.ClH/c1-8(2)10-5-6-12(16-4)11(7-10)13(14)9(3)15;/h5-9,13,15H,14H2,1-4H3;1H/t9-,13-;/m0./s1. The van der Waals surface area contributed by atoms with Crippen molar-refractivity contribution in [3.8, 4) is 5.75 Å². The van der Waals surface area contributed by atoms with Crippen LogP contribution in [0.15, 0.2) is 18.2 Å². The summed E-state index contributed by atoms with van der Waals surface area (Å²) in [6.07, 6.45) is -0.587. The van der Waals surface area contributed by atoms with Crippen molar-refractivity contribution in [2.45, 2.75) is 38.8 Å². The van der Waals surface area contributed by atoms with Crippen LogP contribution in [0, 0.1) is 0 Å². The molecule has 0 radical (unpaired) electrons. The fourth-order valence-corrected chi connectivity index (χ4v) is 1.63. The van der Waals surface area contributed by atoms with Crippen LogP contribution in [0.5, 0.6) is 5.75 Å². The number of benzene rings is 1. The number of aliphatic hydroxyl groups is 1. The first-order valence-corrected chi connectivity index (χ1v) is 5.58. The predicted octanol–water partition coefficient (Wildman–Crippen LogP) is 2.62. The molecule has 0 amide bonds. The van der Waals surface area contributed by atoms with Crippen LogP contribution in [-0.4, -0.2) is 18.3 Å². The van der Waals surface area contributed by atoms with Crippen molar-refractivity contribution in [1.29, 1.82) is 0 Å². The lowest BCUT2D eigenvalue weighted by atomic mass is 9.95. The summed E-state index contributed by atoms with van der Waals surface area (Å²) in [5.41, 5.74) is 8.02. The molecular formula is C13H22ClNO2. The molecule has 0 aliphatic heterocycles. The van der Waals surface area contributed by atoms with E-state index in [-0.39, 0.29) is 12.4 Å². The molecule has 0 unspecified atom stereocenters. The van der Waals surface area contributed by atoms with E-state index in [1.54, 1.807) is 14.0 Å². The zero-order valence-corrected chi connectivity index (χ0v) is 11.6. The Hall–Kier alpha value is -0.770. The van der Waals surface area contributed by atoms with Gasteiger partial charge in [-0.3, -0.25) is 0 Å². The van der Waals surface area contributed by atoms with Gasteiger partial charge in [0.15, 0.2) is 0 Å². The smallest absolute Gasteiger partial charge is 0.123 e. The van der Waals surface area contributed by atoms with E-state index in [2.05, 4.69) is 13.8 Å². The maximum atomic E-state index is 9.54. The molecule has 98 valence electrons. The van der Waals surface area contributed by atoms with Gasteiger partial charge in [0.2, 0.25) is 0 Å². The maximum Gasteiger partial charge on any atom is 0.123 e. The Kier molecular flexibility index (Phi) is 6.53. The summed E-state index contributed by atoms with van der Waals surface area (Å²) in [6, 6.07) is 5.55. The van der Waals surface area contributed by atoms with E-state index >= 15 is 0 Å². The minimum Gasteiger partial charge on any atom is -0.496 e. The van der Waals surface area contributed by atoms with Crippen LogP contribution >= 0.6 is 12.4 Å². The normalized spacial score (nSPS) is 14.1. The number of methoxy groups -OCH3 is 1. The van der Waals surface area contributed by atoms with Gasteiger partial charge in [0.1, 0.15) is 5.75 Å². The minimum absolute atomic E-state index is 0. The first kappa shape index (κ1) is 16.2. The molecule has 0 bridgehead atoms. The lowest BCUT2D eigenvalue weighted by Crippen LogP contribution is -2.24. The Morgan fingerprint density at radius 1 is 1.24 bits per heavy atom. The molecule has 3 N–H and O–H groups in total. The van der Waals surface area contributed by atoms with Crippen LogP contribution in [0.25, 0.3) is 0 Å². The van der Waals surface area contributed by atoms with E-state index in [1.165, 1.54) is 5.56 Å². The van der Waals surface area contributed by atoms with Gasteiger partial charge in [0.05, 0.1) is 19.3 Å². The molecule has 0 aliphatic rings. The highest BCUT2D eigenvalue weighted by Crippen LogP contribution is 2.29. The Morgan fingerprint density at radius 2 is 1.82 bits per heavy atom. The van der Waals surface area contributed by atoms with Gasteiger partial charge in [-0.1, -0.05) is 26.0 Å². The topological polar surface area (TPSA) is 55.5 Å². The zero-order chi connectivity index (χ0) is 12.3. The van der Waals surface area contributed by atoms with Crippen LogP contribution in [-0.2, 0) is 0 Å². The third-order valence-electron chi connectivity index (χ3n) is 2.80. The first-order chi connectivity index (χ1) is 7.47. The molecule has 4 heteroatoms. The van der Waals surface area contributed by atoms with Crippen molar-refractivity contribution in [2.24, 2.45) is 5.73 Å². The SMILES string of the molecule is COc1ccc(C(C)C)cc1[C@@H](N)[C@H](C)O.Cl. The van der Waals surface area contributed by atoms with Gasteiger partial charge in [0.25, 0.3) is 0 Å². The molecule has 0 aliphatic carbocycles. The van der Waals surface area contributed by atoms with Crippen molar-refractivity contribution in [1.82, 2.24) is 0 Å². The van der Waals surface area contributed by atoms with Crippen LogP contribution < -0.4 is 10.5 Å². The van der Waals surface area contributed by atoms with Crippen molar-refractivity contribution in [2.75, 3.05) is 7.11 Å². The molecule has 1 aromatic rings. The van der Waals surface area contributed by atoms with E-state index in [0.29, 0.717) is 5.92 Å². The molecular weight excluding hydrogens is 238 g/mol. The second kappa shape index (κ2) is 6.84. The Labute approximate surface area is 109 Å². The number of hydrogen-bond acceptors (Lipinski definition) is 3. The number of ether oxygens (including phenoxy) is 1. The van der Waals surface area contributed by atoms with Crippen LogP contribution in [0.2, 0.25) is 0 Å². The third-order valence-corrected chi connectivity index (χ3v) is 2.80. The molecule has 0 spiro atoms. The summed E-state index contributed by atoms with van der Waals surface area (Å²) in [7, 11) is 1.61. The number of halogens is 1. The lowest BCUT2D eigenvalue weighted by molar-refractivity contribution is 0.162. The van der Waals surface area contributed by atoms with Gasteiger partial charge >= 0.3 is 0 Å². The highest BCUT2D eigenvalue weighted by atomic mass is 35.5. The van der Waals surface area contributed by atoms with Crippen molar-refractivity contribution < 1.29 is 9.84 Å². The zero-order valence-electron chi connectivity index (χ0n) is 10.8. The predicted molar refractivity (Wildman–Crippen MR) is 72.9 cm³/mol. The van der Waals surface area contributed by atoms with Gasteiger partial charge in [-0.05, 0) is 24.5 Å². The highest BCUT2D eigenvalue weighted by Gasteiger charge is 2.17. The Morgan fingerprint density at radius 3 is 2.24 bits per heavy atom. The lowest BCUT2D eigenvalue weighted by Gasteiger charge is -2.20. The number of aliphatic hydroxyl groups excluding tert-OH is 1. The molecule has 0 heterocycles. The van der Waals surface area contributed by atoms with Gasteiger partial charge in [-0.15, -0.1) is 12.4 Å². The first-order valence-electron chi connectivity index (χ1n) is 5.58. The number of hydrogen-bond donors (Lipinski definition) is 2. The summed E-state index contributed by atoms with van der Waals surface area (Å²) >= 11 is 0. The van der Waals surface area contributed by atoms with E-state index in [4.69, 9.17) is 10.5 Å². The molecule has 3 nitrogen and oxygen atoms in total. The molecule has 0 saturated heterocycles. The second-order valence-electron chi connectivity index (χ2n) is 4.42. The van der Waals surface area contributed by atoms with Gasteiger partial charge in [-0.2, -0.15) is 0 Å². The maximum absolute atomic E-state index is 9.54. The molecule has 1 aromatic carbocycles. The van der Waals surface area contributed by atoms with Gasteiger partial charge in [-0.25, -0.2) is 0 Å². The summed E-state index contributed by atoms with van der Waals surface area (Å²) in [5.74, 6) is 1.17. The van der Waals surface area contributed by atoms with E-state index < -0.39 is 12.1 Å². The quantitative estimate of drug-likeness (QED) is 0.874. The summed E-state index contributed by atoms with van der Waals surface area (Å²) in [4.78, 5) is 0. The molecule has 1 rings (SSSR count). The fraction of sp³-hybridized carbons (Fsp3) is 0.538. The fourth-order valence-electron chi connectivity index (χ4n) is 1.63. The number of nitrogens with two attached hydrogens (primary N) is 1. The Balaban J connectivity index is 0.00000256. The summed E-state index contributed by atoms with van der Waals surface area (Å²) in [6.45, 7) is 5.94. The summed E-state index contributed by atoms with van der Waals surface area (Å²) in [5, 5.41) is 9.54. The number of rotatable bonds is 4. The highest BCUT2D eigenvalue weighted by molar-refractivity contribution is 5.85. The largest absolute Gasteiger partial charge is 0.496 e. The van der Waals surface area contributed by atoms with E-state index in [0.717, 1.165) is 11.3 Å². The summed E-state index contributed by atoms with van der Waals surface area (Å²) < 4.78 is 5.26. The van der Waals surface area contributed by atoms with Crippen LogP contribution in [0.4, 0.5) is 0 Å². The van der Waals surface area contributed by atoms with Gasteiger partial charge < -0.3 is 15.6 Å². The second-order valence-corrected chi connectivity index (χ2v) is 4.42. The monoisotopic (exact) mass is 259 g/mol. The van der Waals surface area contributed by atoms with Crippen LogP contribution in [0.3, 0.4) is 0 Å². The van der Waals surface area contributed by atoms with Crippen molar-refractivity contribution in [3.63, 3.8) is 0 Å². The Bertz CT molecular complexity index is 353. The van der Waals surface area contributed by atoms with E-state index in [1.807, 2.05) is 18.2 Å². The van der Waals surface area contributed by atoms with Crippen LogP contribution in [0.1, 0.15) is 43.9 Å². The van der Waals surface area contributed by atoms with Crippen molar-refractivity contribution >= 4 is 12.4 Å². The average molecular weight is 260 g/mol. The third kappa shape index (κ3) is 3.87. The molecule has 17 heavy (non-hydrogen) atoms.